The van der Waals surface area contributed by atoms with Crippen LogP contribution in [0.4, 0.5) is 17.6 Å². The number of aromatic nitrogens is 2. The Morgan fingerprint density at radius 2 is 1.94 bits per heavy atom. The summed E-state index contributed by atoms with van der Waals surface area (Å²) in [7, 11) is 0. The number of nitrogens with two attached hydrogens (primary N) is 2. The Morgan fingerprint density at radius 3 is 2.59 bits per heavy atom. The van der Waals surface area contributed by atoms with Crippen molar-refractivity contribution < 1.29 is 5.11 Å². The summed E-state index contributed by atoms with van der Waals surface area (Å²) in [5, 5.41) is 13.4. The fourth-order valence-corrected chi connectivity index (χ4v) is 2.22. The Morgan fingerprint density at radius 1 is 1.24 bits per heavy atom. The van der Waals surface area contributed by atoms with Crippen molar-refractivity contribution in [3.8, 4) is 0 Å². The first-order chi connectivity index (χ1) is 8.07. The molecule has 0 saturated heterocycles. The van der Waals surface area contributed by atoms with Crippen LogP contribution in [0.1, 0.15) is 32.1 Å². The number of nitrogen functional groups attached to an aromatic ring is 2. The summed E-state index contributed by atoms with van der Waals surface area (Å²) in [5.74, 6) is 1.03. The smallest absolute Gasteiger partial charge is 0.223 e. The minimum atomic E-state index is -0.632. The molecule has 1 aromatic rings. The SMILES string of the molecule is Nc1cc(NCC2(O)CCCCC2)nc(N)n1. The average Bonchev–Trinajstić information content (AvgIpc) is 2.26. The van der Waals surface area contributed by atoms with Gasteiger partial charge in [-0.2, -0.15) is 9.97 Å². The summed E-state index contributed by atoms with van der Waals surface area (Å²) >= 11 is 0. The van der Waals surface area contributed by atoms with Crippen molar-refractivity contribution in [1.29, 1.82) is 0 Å². The van der Waals surface area contributed by atoms with Crippen molar-refractivity contribution in [2.45, 2.75) is 37.7 Å². The van der Waals surface area contributed by atoms with Gasteiger partial charge in [-0.3, -0.25) is 0 Å². The van der Waals surface area contributed by atoms with E-state index in [-0.39, 0.29) is 5.95 Å². The van der Waals surface area contributed by atoms with Crippen LogP contribution in [-0.4, -0.2) is 27.2 Å². The lowest BCUT2D eigenvalue weighted by atomic mass is 9.85. The van der Waals surface area contributed by atoms with Crippen molar-refractivity contribution in [2.75, 3.05) is 23.3 Å². The molecule has 1 aliphatic carbocycles. The maximum atomic E-state index is 10.3. The number of hydrogen-bond donors (Lipinski definition) is 4. The van der Waals surface area contributed by atoms with Gasteiger partial charge >= 0.3 is 0 Å². The molecule has 0 bridgehead atoms. The Hall–Kier alpha value is -1.56. The van der Waals surface area contributed by atoms with Gasteiger partial charge < -0.3 is 21.9 Å². The van der Waals surface area contributed by atoms with E-state index in [1.165, 1.54) is 6.42 Å². The second kappa shape index (κ2) is 4.75. The van der Waals surface area contributed by atoms with Gasteiger partial charge in [0.15, 0.2) is 0 Å². The third-order valence-electron chi connectivity index (χ3n) is 3.15. The number of nitrogens with one attached hydrogen (secondary N) is 1. The molecule has 1 fully saturated rings. The molecule has 0 amide bonds. The standard InChI is InChI=1S/C11H19N5O/c12-8-6-9(16-10(13)15-8)14-7-11(17)4-2-1-3-5-11/h6,17H,1-5,7H2,(H5,12,13,14,15,16). The van der Waals surface area contributed by atoms with Crippen LogP contribution in [-0.2, 0) is 0 Å². The van der Waals surface area contributed by atoms with Crippen LogP contribution in [0.5, 0.6) is 0 Å². The zero-order valence-corrected chi connectivity index (χ0v) is 9.82. The summed E-state index contributed by atoms with van der Waals surface area (Å²) in [5.41, 5.74) is 10.4. The summed E-state index contributed by atoms with van der Waals surface area (Å²) in [6, 6.07) is 1.61. The van der Waals surface area contributed by atoms with Crippen molar-refractivity contribution in [2.24, 2.45) is 0 Å². The molecule has 17 heavy (non-hydrogen) atoms. The van der Waals surface area contributed by atoms with Crippen LogP contribution in [0.3, 0.4) is 0 Å². The molecule has 94 valence electrons. The van der Waals surface area contributed by atoms with Gasteiger partial charge in [-0.1, -0.05) is 19.3 Å². The van der Waals surface area contributed by atoms with E-state index >= 15 is 0 Å². The van der Waals surface area contributed by atoms with Gasteiger partial charge in [0, 0.05) is 12.6 Å². The topological polar surface area (TPSA) is 110 Å². The molecule has 6 heteroatoms. The molecular weight excluding hydrogens is 218 g/mol. The van der Waals surface area contributed by atoms with Crippen molar-refractivity contribution in [3.05, 3.63) is 6.07 Å². The first-order valence-corrected chi connectivity index (χ1v) is 5.94. The largest absolute Gasteiger partial charge is 0.388 e. The Bertz CT molecular complexity index is 369. The summed E-state index contributed by atoms with van der Waals surface area (Å²) < 4.78 is 0. The molecule has 0 radical (unpaired) electrons. The van der Waals surface area contributed by atoms with Crippen LogP contribution in [0.15, 0.2) is 6.07 Å². The highest BCUT2D eigenvalue weighted by atomic mass is 16.3. The van der Waals surface area contributed by atoms with Gasteiger partial charge in [0.25, 0.3) is 0 Å². The van der Waals surface area contributed by atoms with Gasteiger partial charge in [-0.15, -0.1) is 0 Å². The zero-order chi connectivity index (χ0) is 12.3. The van der Waals surface area contributed by atoms with Crippen molar-refractivity contribution in [3.63, 3.8) is 0 Å². The fourth-order valence-electron chi connectivity index (χ4n) is 2.22. The number of anilines is 3. The Labute approximate surface area is 100 Å². The average molecular weight is 237 g/mol. The maximum absolute atomic E-state index is 10.3. The van der Waals surface area contributed by atoms with E-state index in [4.69, 9.17) is 11.5 Å². The predicted molar refractivity (Wildman–Crippen MR) is 67.4 cm³/mol. The van der Waals surface area contributed by atoms with Gasteiger partial charge in [-0.05, 0) is 12.8 Å². The summed E-state index contributed by atoms with van der Waals surface area (Å²) in [6.07, 6.45) is 5.01. The molecule has 0 unspecified atom stereocenters. The molecule has 6 N–H and O–H groups in total. The monoisotopic (exact) mass is 237 g/mol. The lowest BCUT2D eigenvalue weighted by Crippen LogP contribution is -2.39. The molecule has 0 spiro atoms. The van der Waals surface area contributed by atoms with Crippen LogP contribution in [0, 0.1) is 0 Å². The number of aliphatic hydroxyl groups is 1. The first kappa shape index (κ1) is 11.9. The summed E-state index contributed by atoms with van der Waals surface area (Å²) in [6.45, 7) is 0.475. The van der Waals surface area contributed by atoms with Gasteiger partial charge in [-0.25, -0.2) is 0 Å². The second-order valence-electron chi connectivity index (χ2n) is 4.67. The highest BCUT2D eigenvalue weighted by Crippen LogP contribution is 2.28. The van der Waals surface area contributed by atoms with E-state index in [0.29, 0.717) is 18.2 Å². The van der Waals surface area contributed by atoms with Gasteiger partial charge in [0.2, 0.25) is 5.95 Å². The molecule has 2 rings (SSSR count). The highest BCUT2D eigenvalue weighted by molar-refractivity contribution is 5.48. The number of nitrogens with zero attached hydrogens (tertiary/aromatic N) is 2. The third kappa shape index (κ3) is 3.20. The summed E-state index contributed by atoms with van der Waals surface area (Å²) in [4.78, 5) is 7.80. The van der Waals surface area contributed by atoms with E-state index in [9.17, 15) is 5.11 Å². The minimum Gasteiger partial charge on any atom is -0.388 e. The van der Waals surface area contributed by atoms with Crippen LogP contribution >= 0.6 is 0 Å². The molecule has 1 aromatic heterocycles. The second-order valence-corrected chi connectivity index (χ2v) is 4.67. The van der Waals surface area contributed by atoms with E-state index in [1.807, 2.05) is 0 Å². The molecule has 0 atom stereocenters. The molecule has 6 nitrogen and oxygen atoms in total. The van der Waals surface area contributed by atoms with E-state index in [2.05, 4.69) is 15.3 Å². The van der Waals surface area contributed by atoms with Crippen LogP contribution < -0.4 is 16.8 Å². The lowest BCUT2D eigenvalue weighted by molar-refractivity contribution is 0.0166. The zero-order valence-electron chi connectivity index (χ0n) is 9.82. The molecule has 1 aliphatic rings. The quantitative estimate of drug-likeness (QED) is 0.617. The Kier molecular flexibility index (Phi) is 3.33. The van der Waals surface area contributed by atoms with E-state index in [1.54, 1.807) is 6.07 Å². The van der Waals surface area contributed by atoms with E-state index in [0.717, 1.165) is 25.7 Å². The molecule has 1 heterocycles. The molecule has 0 aliphatic heterocycles. The van der Waals surface area contributed by atoms with Crippen LogP contribution in [0.25, 0.3) is 0 Å². The Balaban J connectivity index is 1.96. The van der Waals surface area contributed by atoms with Crippen LogP contribution in [0.2, 0.25) is 0 Å². The maximum Gasteiger partial charge on any atom is 0.223 e. The fraction of sp³-hybridized carbons (Fsp3) is 0.636. The normalized spacial score (nSPS) is 18.9. The first-order valence-electron chi connectivity index (χ1n) is 5.94. The van der Waals surface area contributed by atoms with Gasteiger partial charge in [0.1, 0.15) is 11.6 Å². The number of hydrogen-bond acceptors (Lipinski definition) is 6. The third-order valence-corrected chi connectivity index (χ3v) is 3.15. The van der Waals surface area contributed by atoms with E-state index < -0.39 is 5.60 Å². The molecule has 1 saturated carbocycles. The molecule has 0 aromatic carbocycles. The predicted octanol–water partition coefficient (Wildman–Crippen LogP) is 0.748. The molecular formula is C11H19N5O. The van der Waals surface area contributed by atoms with Gasteiger partial charge in [0.05, 0.1) is 5.60 Å². The van der Waals surface area contributed by atoms with Crippen molar-refractivity contribution in [1.82, 2.24) is 9.97 Å². The lowest BCUT2D eigenvalue weighted by Gasteiger charge is -2.32. The number of rotatable bonds is 3. The van der Waals surface area contributed by atoms with Crippen molar-refractivity contribution >= 4 is 17.6 Å². The minimum absolute atomic E-state index is 0.142. The highest BCUT2D eigenvalue weighted by Gasteiger charge is 2.28.